The summed E-state index contributed by atoms with van der Waals surface area (Å²) in [6.45, 7) is 2.21. The summed E-state index contributed by atoms with van der Waals surface area (Å²) in [6, 6.07) is 10.5. The molecule has 1 aromatic carbocycles. The van der Waals surface area contributed by atoms with Crippen LogP contribution in [0.25, 0.3) is 0 Å². The van der Waals surface area contributed by atoms with Gasteiger partial charge in [-0.25, -0.2) is 0 Å². The lowest BCUT2D eigenvalue weighted by molar-refractivity contribution is 0.809. The van der Waals surface area contributed by atoms with Crippen LogP contribution in [0, 0.1) is 0 Å². The summed E-state index contributed by atoms with van der Waals surface area (Å²) in [5.74, 6) is 0. The van der Waals surface area contributed by atoms with Crippen LogP contribution >= 0.6 is 23.1 Å². The summed E-state index contributed by atoms with van der Waals surface area (Å²) in [5.41, 5.74) is 6.94. The van der Waals surface area contributed by atoms with Crippen LogP contribution < -0.4 is 5.73 Å². The van der Waals surface area contributed by atoms with E-state index in [1.54, 1.807) is 11.8 Å². The van der Waals surface area contributed by atoms with Gasteiger partial charge < -0.3 is 5.73 Å². The van der Waals surface area contributed by atoms with Crippen molar-refractivity contribution in [3.63, 3.8) is 0 Å². The molecule has 0 aliphatic carbocycles. The molecule has 0 saturated carbocycles. The van der Waals surface area contributed by atoms with E-state index in [1.165, 1.54) is 16.9 Å². The smallest absolute Gasteiger partial charge is 0.203 e. The number of nitrogen functional groups attached to an aromatic ring is 1. The molecule has 90 valence electrons. The molecule has 17 heavy (non-hydrogen) atoms. The van der Waals surface area contributed by atoms with Gasteiger partial charge in [0.15, 0.2) is 4.34 Å². The van der Waals surface area contributed by atoms with Gasteiger partial charge in [-0.3, -0.25) is 0 Å². The Hall–Kier alpha value is -1.07. The van der Waals surface area contributed by atoms with Crippen molar-refractivity contribution in [3.8, 4) is 0 Å². The lowest BCUT2D eigenvalue weighted by atomic mass is 10.1. The average Bonchev–Trinajstić information content (AvgIpc) is 2.73. The zero-order valence-corrected chi connectivity index (χ0v) is 11.3. The first-order valence-corrected chi connectivity index (χ1v) is 7.23. The first kappa shape index (κ1) is 12.4. The van der Waals surface area contributed by atoms with Gasteiger partial charge in [-0.2, -0.15) is 0 Å². The van der Waals surface area contributed by atoms with E-state index >= 15 is 0 Å². The summed E-state index contributed by atoms with van der Waals surface area (Å²) < 4.78 is 0.961. The van der Waals surface area contributed by atoms with Crippen molar-refractivity contribution >= 4 is 28.2 Å². The van der Waals surface area contributed by atoms with Gasteiger partial charge in [-0.05, 0) is 18.4 Å². The van der Waals surface area contributed by atoms with Gasteiger partial charge in [0.1, 0.15) is 0 Å². The second-order valence-electron chi connectivity index (χ2n) is 3.86. The summed E-state index contributed by atoms with van der Waals surface area (Å²) in [7, 11) is 0. The molecule has 0 unspecified atom stereocenters. The molecular weight excluding hydrogens is 250 g/mol. The zero-order valence-electron chi connectivity index (χ0n) is 9.67. The van der Waals surface area contributed by atoms with Gasteiger partial charge in [-0.15, -0.1) is 10.2 Å². The van der Waals surface area contributed by atoms with E-state index in [2.05, 4.69) is 41.4 Å². The largest absolute Gasteiger partial charge is 0.374 e. The third-order valence-electron chi connectivity index (χ3n) is 2.41. The summed E-state index contributed by atoms with van der Waals surface area (Å²) in [4.78, 5) is 0. The number of hydrogen-bond donors (Lipinski definition) is 1. The Morgan fingerprint density at radius 2 is 2.06 bits per heavy atom. The fraction of sp³-hybridized carbons (Fsp3) is 0.333. The molecule has 0 bridgehead atoms. The van der Waals surface area contributed by atoms with E-state index in [9.17, 15) is 0 Å². The Balaban J connectivity index is 1.80. The first-order chi connectivity index (χ1) is 8.24. The van der Waals surface area contributed by atoms with Crippen molar-refractivity contribution < 1.29 is 0 Å². The Bertz CT molecular complexity index is 456. The highest BCUT2D eigenvalue weighted by molar-refractivity contribution is 8.01. The fourth-order valence-corrected chi connectivity index (χ4v) is 3.47. The second-order valence-corrected chi connectivity index (χ2v) is 6.55. The van der Waals surface area contributed by atoms with Crippen molar-refractivity contribution in [2.24, 2.45) is 0 Å². The van der Waals surface area contributed by atoms with Crippen LogP contribution in [0.2, 0.25) is 0 Å². The van der Waals surface area contributed by atoms with E-state index < -0.39 is 0 Å². The molecule has 1 aromatic heterocycles. The minimum atomic E-state index is 0.530. The van der Waals surface area contributed by atoms with Crippen molar-refractivity contribution in [2.45, 2.75) is 29.4 Å². The molecule has 1 atom stereocenters. The summed E-state index contributed by atoms with van der Waals surface area (Å²) in [5, 5.41) is 8.91. The monoisotopic (exact) mass is 265 g/mol. The molecule has 0 fully saturated rings. The van der Waals surface area contributed by atoms with Gasteiger partial charge in [-0.1, -0.05) is 60.4 Å². The minimum absolute atomic E-state index is 0.530. The van der Waals surface area contributed by atoms with Crippen molar-refractivity contribution in [2.75, 3.05) is 5.73 Å². The number of nitrogens with two attached hydrogens (primary N) is 1. The standard InChI is InChI=1S/C12H15N3S2/c1-9(16-12-15-14-11(13)17-12)7-8-10-5-3-2-4-6-10/h2-6,9H,7-8H2,1H3,(H2,13,14)/t9-/m0/s1. The van der Waals surface area contributed by atoms with Crippen LogP contribution in [0.3, 0.4) is 0 Å². The molecule has 0 saturated heterocycles. The molecule has 0 amide bonds. The van der Waals surface area contributed by atoms with Crippen LogP contribution in [0.5, 0.6) is 0 Å². The van der Waals surface area contributed by atoms with E-state index in [1.807, 2.05) is 6.07 Å². The Labute approximate surface area is 109 Å². The highest BCUT2D eigenvalue weighted by Gasteiger charge is 2.08. The van der Waals surface area contributed by atoms with Crippen LogP contribution in [0.4, 0.5) is 5.13 Å². The number of aryl methyl sites for hydroxylation is 1. The van der Waals surface area contributed by atoms with E-state index in [4.69, 9.17) is 5.73 Å². The number of rotatable bonds is 5. The number of aromatic nitrogens is 2. The van der Waals surface area contributed by atoms with Gasteiger partial charge in [0.25, 0.3) is 0 Å². The number of thioether (sulfide) groups is 1. The topological polar surface area (TPSA) is 51.8 Å². The van der Waals surface area contributed by atoms with Crippen LogP contribution in [-0.2, 0) is 6.42 Å². The Kier molecular flexibility index (Phi) is 4.39. The predicted octanol–water partition coefficient (Wildman–Crippen LogP) is 3.23. The maximum absolute atomic E-state index is 5.55. The molecule has 0 aliphatic rings. The third-order valence-corrected chi connectivity index (χ3v) is 4.41. The lowest BCUT2D eigenvalue weighted by Gasteiger charge is -2.08. The summed E-state index contributed by atoms with van der Waals surface area (Å²) in [6.07, 6.45) is 2.23. The number of anilines is 1. The maximum Gasteiger partial charge on any atom is 0.203 e. The number of hydrogen-bond acceptors (Lipinski definition) is 5. The molecular formula is C12H15N3S2. The highest BCUT2D eigenvalue weighted by Crippen LogP contribution is 2.29. The molecule has 5 heteroatoms. The van der Waals surface area contributed by atoms with Crippen molar-refractivity contribution in [1.82, 2.24) is 10.2 Å². The zero-order chi connectivity index (χ0) is 12.1. The lowest BCUT2D eigenvalue weighted by Crippen LogP contribution is -1.98. The summed E-state index contributed by atoms with van der Waals surface area (Å²) >= 11 is 3.20. The Morgan fingerprint density at radius 3 is 2.71 bits per heavy atom. The number of nitrogens with zero attached hydrogens (tertiary/aromatic N) is 2. The van der Waals surface area contributed by atoms with Crippen LogP contribution in [0.1, 0.15) is 18.9 Å². The first-order valence-electron chi connectivity index (χ1n) is 5.53. The fourth-order valence-electron chi connectivity index (χ4n) is 1.51. The van der Waals surface area contributed by atoms with Crippen LogP contribution in [-0.4, -0.2) is 15.4 Å². The highest BCUT2D eigenvalue weighted by atomic mass is 32.2. The van der Waals surface area contributed by atoms with E-state index in [-0.39, 0.29) is 0 Å². The van der Waals surface area contributed by atoms with Crippen molar-refractivity contribution in [1.29, 1.82) is 0 Å². The molecule has 0 radical (unpaired) electrons. The Morgan fingerprint density at radius 1 is 1.29 bits per heavy atom. The third kappa shape index (κ3) is 4.02. The van der Waals surface area contributed by atoms with Crippen molar-refractivity contribution in [3.05, 3.63) is 35.9 Å². The molecule has 2 N–H and O–H groups in total. The maximum atomic E-state index is 5.55. The SMILES string of the molecule is C[C@@H](CCc1ccccc1)Sc1nnc(N)s1. The quantitative estimate of drug-likeness (QED) is 0.843. The second kappa shape index (κ2) is 6.02. The molecule has 3 nitrogen and oxygen atoms in total. The van der Waals surface area contributed by atoms with Gasteiger partial charge in [0, 0.05) is 5.25 Å². The van der Waals surface area contributed by atoms with E-state index in [0.717, 1.165) is 17.2 Å². The normalized spacial score (nSPS) is 12.5. The molecule has 1 heterocycles. The number of benzene rings is 1. The molecule has 0 spiro atoms. The van der Waals surface area contributed by atoms with Gasteiger partial charge in [0.2, 0.25) is 5.13 Å². The predicted molar refractivity (Wildman–Crippen MR) is 74.4 cm³/mol. The van der Waals surface area contributed by atoms with E-state index in [0.29, 0.717) is 10.4 Å². The minimum Gasteiger partial charge on any atom is -0.374 e. The average molecular weight is 265 g/mol. The molecule has 2 rings (SSSR count). The van der Waals surface area contributed by atoms with Crippen LogP contribution in [0.15, 0.2) is 34.7 Å². The molecule has 0 aliphatic heterocycles. The van der Waals surface area contributed by atoms with Gasteiger partial charge in [0.05, 0.1) is 0 Å². The molecule has 2 aromatic rings. The van der Waals surface area contributed by atoms with Gasteiger partial charge >= 0.3 is 0 Å².